The topological polar surface area (TPSA) is 71.5 Å². The van der Waals surface area contributed by atoms with Crippen LogP contribution in [0.3, 0.4) is 0 Å². The van der Waals surface area contributed by atoms with Crippen LogP contribution in [-0.2, 0) is 4.79 Å². The van der Waals surface area contributed by atoms with Gasteiger partial charge in [-0.15, -0.1) is 0 Å². The number of nitrogens with one attached hydrogen (secondary N) is 1. The van der Waals surface area contributed by atoms with Gasteiger partial charge in [-0.25, -0.2) is 4.98 Å². The number of aromatic nitrogens is 1. The van der Waals surface area contributed by atoms with E-state index in [-0.39, 0.29) is 23.6 Å². The van der Waals surface area contributed by atoms with E-state index in [1.54, 1.807) is 26.2 Å². The molecule has 7 heteroatoms. The van der Waals surface area contributed by atoms with E-state index in [0.29, 0.717) is 9.45 Å². The number of likely N-dealkylation sites (tertiary alicyclic amines) is 1. The van der Waals surface area contributed by atoms with Crippen molar-refractivity contribution in [3.8, 4) is 5.75 Å². The van der Waals surface area contributed by atoms with E-state index < -0.39 is 6.04 Å². The molecule has 1 aliphatic rings. The van der Waals surface area contributed by atoms with Crippen molar-refractivity contribution < 1.29 is 14.3 Å². The maximum absolute atomic E-state index is 12.5. The Morgan fingerprint density at radius 2 is 2.17 bits per heavy atom. The molecule has 0 radical (unpaired) electrons. The van der Waals surface area contributed by atoms with Crippen molar-refractivity contribution in [2.75, 3.05) is 13.7 Å². The Hall–Kier alpha value is -1.38. The van der Waals surface area contributed by atoms with Crippen molar-refractivity contribution in [3.05, 3.63) is 21.5 Å². The first-order chi connectivity index (χ1) is 10.9. The molecule has 1 aromatic rings. The van der Waals surface area contributed by atoms with Crippen LogP contribution in [0, 0.1) is 3.70 Å². The molecule has 0 bridgehead atoms. The van der Waals surface area contributed by atoms with Crippen LogP contribution < -0.4 is 10.1 Å². The molecule has 1 aromatic heterocycles. The second-order valence-electron chi connectivity index (χ2n) is 5.76. The van der Waals surface area contributed by atoms with E-state index >= 15 is 0 Å². The van der Waals surface area contributed by atoms with E-state index in [1.807, 2.05) is 27.5 Å². The number of methoxy groups -OCH3 is 1. The van der Waals surface area contributed by atoms with Crippen LogP contribution in [0.5, 0.6) is 5.75 Å². The lowest BCUT2D eigenvalue weighted by Crippen LogP contribution is -2.51. The summed E-state index contributed by atoms with van der Waals surface area (Å²) < 4.78 is 5.74. The van der Waals surface area contributed by atoms with Crippen molar-refractivity contribution in [2.24, 2.45) is 0 Å². The minimum absolute atomic E-state index is 0.0336. The zero-order valence-corrected chi connectivity index (χ0v) is 15.8. The van der Waals surface area contributed by atoms with Crippen LogP contribution in [0.2, 0.25) is 0 Å². The summed E-state index contributed by atoms with van der Waals surface area (Å²) in [6.45, 7) is 4.54. The molecule has 23 heavy (non-hydrogen) atoms. The molecule has 1 saturated heterocycles. The normalized spacial score (nSPS) is 19.1. The van der Waals surface area contributed by atoms with Gasteiger partial charge in [-0.2, -0.15) is 0 Å². The van der Waals surface area contributed by atoms with Gasteiger partial charge < -0.3 is 15.0 Å². The third kappa shape index (κ3) is 4.33. The first kappa shape index (κ1) is 18.0. The first-order valence-electron chi connectivity index (χ1n) is 7.76. The number of amides is 2. The molecule has 0 saturated carbocycles. The van der Waals surface area contributed by atoms with Gasteiger partial charge in [0.1, 0.15) is 15.4 Å². The highest BCUT2D eigenvalue weighted by Crippen LogP contribution is 2.19. The summed E-state index contributed by atoms with van der Waals surface area (Å²) in [5, 5.41) is 2.74. The van der Waals surface area contributed by atoms with Gasteiger partial charge in [0.25, 0.3) is 5.91 Å². The Labute approximate surface area is 150 Å². The van der Waals surface area contributed by atoms with Crippen LogP contribution in [0.1, 0.15) is 43.6 Å². The summed E-state index contributed by atoms with van der Waals surface area (Å²) in [4.78, 5) is 30.9. The Morgan fingerprint density at radius 3 is 2.78 bits per heavy atom. The number of pyridine rings is 1. The molecule has 126 valence electrons. The zero-order chi connectivity index (χ0) is 17.0. The van der Waals surface area contributed by atoms with Crippen LogP contribution in [-0.4, -0.2) is 47.4 Å². The smallest absolute Gasteiger partial charge is 0.270 e. The number of piperidine rings is 1. The highest BCUT2D eigenvalue weighted by atomic mass is 127. The van der Waals surface area contributed by atoms with Gasteiger partial charge in [-0.05, 0) is 67.8 Å². The lowest BCUT2D eigenvalue weighted by atomic mass is 10.0. The maximum atomic E-state index is 12.5. The molecule has 2 heterocycles. The summed E-state index contributed by atoms with van der Waals surface area (Å²) in [6.07, 6.45) is 3.19. The molecule has 0 spiro atoms. The van der Waals surface area contributed by atoms with Gasteiger partial charge >= 0.3 is 0 Å². The standard InChI is InChI=1S/C16H22IN3O3/c1-10-6-4-5-9-20(10)16(22)11(2)18-15(21)12-7-8-13(23-3)14(17)19-12/h7-8,10-11H,4-6,9H2,1-3H3,(H,18,21)/t10-,11-/m0/s1. The monoisotopic (exact) mass is 431 g/mol. The SMILES string of the molecule is COc1ccc(C(=O)N[C@@H](C)C(=O)N2CCCC[C@@H]2C)nc1I. The van der Waals surface area contributed by atoms with Crippen molar-refractivity contribution in [2.45, 2.75) is 45.2 Å². The van der Waals surface area contributed by atoms with Crippen molar-refractivity contribution in [1.29, 1.82) is 0 Å². The first-order valence-corrected chi connectivity index (χ1v) is 8.83. The zero-order valence-electron chi connectivity index (χ0n) is 13.6. The molecular weight excluding hydrogens is 409 g/mol. The van der Waals surface area contributed by atoms with E-state index in [4.69, 9.17) is 4.74 Å². The summed E-state index contributed by atoms with van der Waals surface area (Å²) in [5.41, 5.74) is 0.279. The van der Waals surface area contributed by atoms with E-state index in [9.17, 15) is 9.59 Å². The molecule has 0 aromatic carbocycles. The molecule has 2 atom stereocenters. The highest BCUT2D eigenvalue weighted by Gasteiger charge is 2.28. The van der Waals surface area contributed by atoms with Crippen molar-refractivity contribution >= 4 is 34.4 Å². The summed E-state index contributed by atoms with van der Waals surface area (Å²) in [6, 6.07) is 2.96. The van der Waals surface area contributed by atoms with Gasteiger partial charge in [0.2, 0.25) is 5.91 Å². The number of hydrogen-bond donors (Lipinski definition) is 1. The van der Waals surface area contributed by atoms with Crippen LogP contribution in [0.4, 0.5) is 0 Å². The lowest BCUT2D eigenvalue weighted by molar-refractivity contribution is -0.136. The minimum atomic E-state index is -0.565. The fraction of sp³-hybridized carbons (Fsp3) is 0.562. The molecule has 1 fully saturated rings. The van der Waals surface area contributed by atoms with Crippen LogP contribution in [0.15, 0.2) is 12.1 Å². The summed E-state index contributed by atoms with van der Waals surface area (Å²) in [5.74, 6) is 0.234. The largest absolute Gasteiger partial charge is 0.494 e. The number of halogens is 1. The predicted molar refractivity (Wildman–Crippen MR) is 95.5 cm³/mol. The molecular formula is C16H22IN3O3. The number of rotatable bonds is 4. The quantitative estimate of drug-likeness (QED) is 0.587. The lowest BCUT2D eigenvalue weighted by Gasteiger charge is -2.35. The fourth-order valence-corrected chi connectivity index (χ4v) is 3.37. The van der Waals surface area contributed by atoms with Gasteiger partial charge in [0, 0.05) is 12.6 Å². The highest BCUT2D eigenvalue weighted by molar-refractivity contribution is 14.1. The summed E-state index contributed by atoms with van der Waals surface area (Å²) >= 11 is 2.01. The van der Waals surface area contributed by atoms with Gasteiger partial charge in [0.05, 0.1) is 7.11 Å². The molecule has 0 unspecified atom stereocenters. The number of carbonyl (C=O) groups excluding carboxylic acids is 2. The van der Waals surface area contributed by atoms with E-state index in [0.717, 1.165) is 25.8 Å². The average Bonchev–Trinajstić information content (AvgIpc) is 2.54. The minimum Gasteiger partial charge on any atom is -0.494 e. The van der Waals surface area contributed by atoms with Crippen LogP contribution in [0.25, 0.3) is 0 Å². The second kappa shape index (κ2) is 7.94. The van der Waals surface area contributed by atoms with Gasteiger partial charge in [0.15, 0.2) is 5.75 Å². The predicted octanol–water partition coefficient (Wildman–Crippen LogP) is 2.21. The molecule has 6 nitrogen and oxygen atoms in total. The molecule has 1 aliphatic heterocycles. The third-order valence-corrected chi connectivity index (χ3v) is 4.84. The third-order valence-electron chi connectivity index (χ3n) is 4.07. The Morgan fingerprint density at radius 1 is 1.43 bits per heavy atom. The van der Waals surface area contributed by atoms with Crippen molar-refractivity contribution in [1.82, 2.24) is 15.2 Å². The fourth-order valence-electron chi connectivity index (χ4n) is 2.71. The Bertz CT molecular complexity index is 594. The number of carbonyl (C=O) groups is 2. The van der Waals surface area contributed by atoms with E-state index in [1.165, 1.54) is 0 Å². The Balaban J connectivity index is 2.01. The van der Waals surface area contributed by atoms with E-state index in [2.05, 4.69) is 17.2 Å². The van der Waals surface area contributed by atoms with Gasteiger partial charge in [-0.1, -0.05) is 0 Å². The average molecular weight is 431 g/mol. The van der Waals surface area contributed by atoms with Gasteiger partial charge in [-0.3, -0.25) is 9.59 Å². The Kier molecular flexibility index (Phi) is 6.20. The molecule has 0 aliphatic carbocycles. The number of nitrogens with zero attached hydrogens (tertiary/aromatic N) is 2. The molecule has 1 N–H and O–H groups in total. The van der Waals surface area contributed by atoms with Crippen LogP contribution >= 0.6 is 22.6 Å². The molecule has 2 rings (SSSR count). The van der Waals surface area contributed by atoms with Crippen molar-refractivity contribution in [3.63, 3.8) is 0 Å². The summed E-state index contributed by atoms with van der Waals surface area (Å²) in [7, 11) is 1.56. The maximum Gasteiger partial charge on any atom is 0.270 e. The number of ether oxygens (including phenoxy) is 1. The second-order valence-corrected chi connectivity index (χ2v) is 6.78. The number of hydrogen-bond acceptors (Lipinski definition) is 4. The molecule has 2 amide bonds.